The topological polar surface area (TPSA) is 172 Å². The molecular formula is C42H76NO10P. The molecule has 4 N–H and O–H groups in total. The van der Waals surface area contributed by atoms with E-state index in [4.69, 9.17) is 24.8 Å². The Morgan fingerprint density at radius 2 is 0.981 bits per heavy atom. The van der Waals surface area contributed by atoms with Crippen LogP contribution in [0.25, 0.3) is 0 Å². The first kappa shape index (κ1) is 51.7. The van der Waals surface area contributed by atoms with Gasteiger partial charge < -0.3 is 25.2 Å². The molecule has 0 fully saturated rings. The normalized spacial score (nSPS) is 14.1. The Morgan fingerprint density at radius 1 is 0.574 bits per heavy atom. The first-order chi connectivity index (χ1) is 26.1. The highest BCUT2D eigenvalue weighted by Crippen LogP contribution is 2.43. The van der Waals surface area contributed by atoms with E-state index in [0.717, 1.165) is 83.5 Å². The van der Waals surface area contributed by atoms with Crippen LogP contribution in [0.4, 0.5) is 0 Å². The van der Waals surface area contributed by atoms with Crippen LogP contribution in [0, 0.1) is 0 Å². The van der Waals surface area contributed by atoms with Gasteiger partial charge in [-0.15, -0.1) is 0 Å². The molecule has 12 heteroatoms. The maximum Gasteiger partial charge on any atom is 0.472 e. The Hall–Kier alpha value is -2.30. The zero-order chi connectivity index (χ0) is 40.0. The molecule has 314 valence electrons. The highest BCUT2D eigenvalue weighted by molar-refractivity contribution is 7.47. The van der Waals surface area contributed by atoms with Gasteiger partial charge in [0.15, 0.2) is 6.10 Å². The average Bonchev–Trinajstić information content (AvgIpc) is 3.14. The van der Waals surface area contributed by atoms with Crippen LogP contribution in [0.15, 0.2) is 36.5 Å². The number of carbonyl (C=O) groups excluding carboxylic acids is 2. The predicted molar refractivity (Wildman–Crippen MR) is 217 cm³/mol. The molecular weight excluding hydrogens is 709 g/mol. The summed E-state index contributed by atoms with van der Waals surface area (Å²) in [5, 5.41) is 8.88. The van der Waals surface area contributed by atoms with Crippen LogP contribution in [-0.4, -0.2) is 59.9 Å². The molecule has 0 aromatic carbocycles. The van der Waals surface area contributed by atoms with E-state index in [9.17, 15) is 23.8 Å². The lowest BCUT2D eigenvalue weighted by Crippen LogP contribution is -2.34. The average molecular weight is 786 g/mol. The number of carbonyl (C=O) groups is 3. The van der Waals surface area contributed by atoms with Crippen molar-refractivity contribution in [3.8, 4) is 0 Å². The summed E-state index contributed by atoms with van der Waals surface area (Å²) in [6, 6.07) is -1.52. The number of hydrogen-bond donors (Lipinski definition) is 3. The van der Waals surface area contributed by atoms with Crippen molar-refractivity contribution < 1.29 is 47.5 Å². The minimum absolute atomic E-state index is 0.143. The fourth-order valence-electron chi connectivity index (χ4n) is 5.50. The molecule has 0 aromatic heterocycles. The molecule has 0 saturated carbocycles. The molecule has 0 bridgehead atoms. The molecule has 0 spiro atoms. The van der Waals surface area contributed by atoms with Gasteiger partial charge in [0.25, 0.3) is 0 Å². The van der Waals surface area contributed by atoms with Gasteiger partial charge in [-0.3, -0.25) is 23.4 Å². The van der Waals surface area contributed by atoms with Gasteiger partial charge in [0.05, 0.1) is 13.2 Å². The quantitative estimate of drug-likeness (QED) is 0.0234. The van der Waals surface area contributed by atoms with Crippen molar-refractivity contribution in [2.45, 2.75) is 193 Å². The molecule has 0 rings (SSSR count). The van der Waals surface area contributed by atoms with Crippen molar-refractivity contribution in [1.82, 2.24) is 0 Å². The van der Waals surface area contributed by atoms with Gasteiger partial charge in [-0.25, -0.2) is 4.57 Å². The zero-order valence-electron chi connectivity index (χ0n) is 33.8. The molecule has 3 unspecified atom stereocenters. The summed E-state index contributed by atoms with van der Waals surface area (Å²) < 4.78 is 32.6. The second kappa shape index (κ2) is 37.6. The summed E-state index contributed by atoms with van der Waals surface area (Å²) in [5.74, 6) is -2.41. The van der Waals surface area contributed by atoms with E-state index in [1.165, 1.54) is 57.8 Å². The number of ether oxygens (including phenoxy) is 2. The molecule has 0 radical (unpaired) electrons. The molecule has 3 atom stereocenters. The van der Waals surface area contributed by atoms with Crippen LogP contribution in [-0.2, 0) is 37.5 Å². The van der Waals surface area contributed by atoms with E-state index in [1.54, 1.807) is 0 Å². The first-order valence-electron chi connectivity index (χ1n) is 21.0. The molecule has 11 nitrogen and oxygen atoms in total. The first-order valence-corrected chi connectivity index (χ1v) is 22.5. The number of phosphoric acid groups is 1. The number of hydrogen-bond acceptors (Lipinski definition) is 9. The third-order valence-corrected chi connectivity index (χ3v) is 9.81. The van der Waals surface area contributed by atoms with Gasteiger partial charge in [0, 0.05) is 12.8 Å². The number of phosphoric ester groups is 1. The number of carboxylic acids is 1. The largest absolute Gasteiger partial charge is 0.480 e. The molecule has 0 saturated heterocycles. The monoisotopic (exact) mass is 786 g/mol. The van der Waals surface area contributed by atoms with Crippen LogP contribution >= 0.6 is 7.82 Å². The van der Waals surface area contributed by atoms with Crippen LogP contribution in [0.1, 0.15) is 181 Å². The molecule has 0 amide bonds. The molecule has 0 aliphatic heterocycles. The zero-order valence-corrected chi connectivity index (χ0v) is 34.7. The molecule has 0 aliphatic carbocycles. The van der Waals surface area contributed by atoms with Crippen molar-refractivity contribution >= 4 is 25.7 Å². The molecule has 0 aliphatic rings. The van der Waals surface area contributed by atoms with Crippen molar-refractivity contribution in [2.24, 2.45) is 5.73 Å². The van der Waals surface area contributed by atoms with E-state index in [1.807, 2.05) is 0 Å². The smallest absolute Gasteiger partial charge is 0.472 e. The van der Waals surface area contributed by atoms with Crippen molar-refractivity contribution in [2.75, 3.05) is 19.8 Å². The number of carboxylic acid groups (broad SMARTS) is 1. The van der Waals surface area contributed by atoms with Crippen molar-refractivity contribution in [1.29, 1.82) is 0 Å². The van der Waals surface area contributed by atoms with Crippen LogP contribution in [0.2, 0.25) is 0 Å². The molecule has 0 aromatic rings. The van der Waals surface area contributed by atoms with E-state index < -0.39 is 51.1 Å². The van der Waals surface area contributed by atoms with E-state index >= 15 is 0 Å². The Labute approximate surface area is 327 Å². The SMILES string of the molecule is CCCCC/C=C\C/C=C\CCCCCCCC(=O)OC(COC(=O)CCCCCCC/C=C\CCCCCCCC)COP(=O)(O)OCC(N)C(=O)O. The van der Waals surface area contributed by atoms with Crippen LogP contribution in [0.5, 0.6) is 0 Å². The second-order valence-electron chi connectivity index (χ2n) is 14.1. The van der Waals surface area contributed by atoms with Crippen LogP contribution < -0.4 is 5.73 Å². The number of allylic oxidation sites excluding steroid dienone is 6. The maximum atomic E-state index is 12.6. The van der Waals surface area contributed by atoms with Gasteiger partial charge in [-0.2, -0.15) is 0 Å². The van der Waals surface area contributed by atoms with E-state index in [0.29, 0.717) is 12.8 Å². The summed E-state index contributed by atoms with van der Waals surface area (Å²) in [7, 11) is -4.72. The lowest BCUT2D eigenvalue weighted by molar-refractivity contribution is -0.161. The standard InChI is InChI=1S/C42H76NO10P/c1-3-5-7-9-11-13-15-17-19-21-23-25-27-29-31-33-40(44)50-35-38(36-51-54(48,49)52-37-39(43)42(46)47)53-41(45)34-32-30-28-26-24-22-20-18-16-14-12-10-8-6-4-2/h12,14,17-20,38-39H,3-11,13,15-16,21-37,43H2,1-2H3,(H,46,47)(H,48,49)/b14-12-,19-17-,20-18-. The number of unbranched alkanes of at least 4 members (excludes halogenated alkanes) is 19. The van der Waals surface area contributed by atoms with Gasteiger partial charge in [0.2, 0.25) is 0 Å². The van der Waals surface area contributed by atoms with Gasteiger partial charge >= 0.3 is 25.7 Å². The van der Waals surface area contributed by atoms with Gasteiger partial charge in [-0.1, -0.05) is 134 Å². The number of aliphatic carboxylic acids is 1. The minimum atomic E-state index is -4.72. The maximum absolute atomic E-state index is 12.6. The fraction of sp³-hybridized carbons (Fsp3) is 0.786. The lowest BCUT2D eigenvalue weighted by atomic mass is 10.1. The summed E-state index contributed by atoms with van der Waals surface area (Å²) in [6.07, 6.45) is 39.2. The van der Waals surface area contributed by atoms with Gasteiger partial charge in [0.1, 0.15) is 12.6 Å². The third-order valence-electron chi connectivity index (χ3n) is 8.86. The van der Waals surface area contributed by atoms with E-state index in [2.05, 4.69) is 54.8 Å². The van der Waals surface area contributed by atoms with Crippen molar-refractivity contribution in [3.63, 3.8) is 0 Å². The predicted octanol–water partition coefficient (Wildman–Crippen LogP) is 10.8. The summed E-state index contributed by atoms with van der Waals surface area (Å²) >= 11 is 0. The molecule has 54 heavy (non-hydrogen) atoms. The highest BCUT2D eigenvalue weighted by atomic mass is 31.2. The van der Waals surface area contributed by atoms with Crippen molar-refractivity contribution in [3.05, 3.63) is 36.5 Å². The summed E-state index contributed by atoms with van der Waals surface area (Å²) in [4.78, 5) is 45.9. The number of esters is 2. The van der Waals surface area contributed by atoms with Gasteiger partial charge in [-0.05, 0) is 70.6 Å². The third kappa shape index (κ3) is 36.7. The van der Waals surface area contributed by atoms with E-state index in [-0.39, 0.29) is 19.4 Å². The molecule has 0 heterocycles. The van der Waals surface area contributed by atoms with Crippen LogP contribution in [0.3, 0.4) is 0 Å². The Balaban J connectivity index is 4.43. The minimum Gasteiger partial charge on any atom is -0.480 e. The fourth-order valence-corrected chi connectivity index (χ4v) is 6.28. The Morgan fingerprint density at radius 3 is 1.50 bits per heavy atom. The second-order valence-corrected chi connectivity index (χ2v) is 15.6. The number of rotatable bonds is 39. The number of nitrogens with two attached hydrogens (primary N) is 1. The lowest BCUT2D eigenvalue weighted by Gasteiger charge is -2.20. The highest BCUT2D eigenvalue weighted by Gasteiger charge is 2.28. The summed E-state index contributed by atoms with van der Waals surface area (Å²) in [6.45, 7) is 2.74. The summed E-state index contributed by atoms with van der Waals surface area (Å²) in [5.41, 5.74) is 5.32. The Kier molecular flexibility index (Phi) is 36.0. The Bertz CT molecular complexity index is 1060.